The van der Waals surface area contributed by atoms with Crippen molar-refractivity contribution in [2.75, 3.05) is 16.0 Å². The lowest BCUT2D eigenvalue weighted by Gasteiger charge is -2.24. The van der Waals surface area contributed by atoms with Gasteiger partial charge in [-0.15, -0.1) is 11.8 Å². The first-order valence-electron chi connectivity index (χ1n) is 8.22. The normalized spacial score (nSPS) is 20.0. The van der Waals surface area contributed by atoms with Crippen molar-refractivity contribution >= 4 is 35.0 Å². The van der Waals surface area contributed by atoms with Gasteiger partial charge in [0.15, 0.2) is 0 Å². The molecule has 2 amide bonds. The topological polar surface area (TPSA) is 49.4 Å². The molecule has 1 heterocycles. The molecular formula is C19H17FN2O2S. The van der Waals surface area contributed by atoms with Gasteiger partial charge in [0.1, 0.15) is 11.2 Å². The molecule has 128 valence electrons. The molecule has 2 aromatic carbocycles. The van der Waals surface area contributed by atoms with Gasteiger partial charge >= 0.3 is 0 Å². The minimum atomic E-state index is -0.369. The van der Waals surface area contributed by atoms with Gasteiger partial charge in [0.05, 0.1) is 5.75 Å². The number of thioether (sulfide) groups is 1. The number of benzene rings is 2. The summed E-state index contributed by atoms with van der Waals surface area (Å²) in [5, 5.41) is 2.70. The Morgan fingerprint density at radius 3 is 2.72 bits per heavy atom. The van der Waals surface area contributed by atoms with Crippen LogP contribution in [0.4, 0.5) is 15.8 Å². The minimum absolute atomic E-state index is 0.0481. The first-order valence-corrected chi connectivity index (χ1v) is 9.27. The highest BCUT2D eigenvalue weighted by atomic mass is 32.2. The second-order valence-corrected chi connectivity index (χ2v) is 7.36. The Morgan fingerprint density at radius 1 is 1.16 bits per heavy atom. The van der Waals surface area contributed by atoms with Gasteiger partial charge in [-0.2, -0.15) is 0 Å². The summed E-state index contributed by atoms with van der Waals surface area (Å²) in [4.78, 5) is 25.9. The second kappa shape index (κ2) is 6.52. The van der Waals surface area contributed by atoms with Crippen LogP contribution in [0.5, 0.6) is 0 Å². The Morgan fingerprint density at radius 2 is 1.96 bits per heavy atom. The van der Waals surface area contributed by atoms with E-state index in [0.717, 1.165) is 24.1 Å². The molecule has 4 rings (SSSR count). The van der Waals surface area contributed by atoms with Crippen molar-refractivity contribution in [3.63, 3.8) is 0 Å². The Labute approximate surface area is 149 Å². The number of amides is 2. The van der Waals surface area contributed by atoms with Crippen LogP contribution in [0.25, 0.3) is 0 Å². The van der Waals surface area contributed by atoms with Crippen LogP contribution < -0.4 is 10.2 Å². The first-order chi connectivity index (χ1) is 12.1. The van der Waals surface area contributed by atoms with Crippen molar-refractivity contribution in [3.8, 4) is 0 Å². The molecule has 1 atom stereocenters. The van der Waals surface area contributed by atoms with E-state index in [-0.39, 0.29) is 28.9 Å². The fraction of sp³-hybridized carbons (Fsp3) is 0.263. The average Bonchev–Trinajstić information content (AvgIpc) is 3.38. The van der Waals surface area contributed by atoms with E-state index in [1.54, 1.807) is 17.0 Å². The third-order valence-corrected chi connectivity index (χ3v) is 5.55. The molecule has 2 aliphatic rings. The second-order valence-electron chi connectivity index (χ2n) is 6.30. The van der Waals surface area contributed by atoms with E-state index < -0.39 is 0 Å². The van der Waals surface area contributed by atoms with E-state index in [1.165, 1.54) is 23.9 Å². The first kappa shape index (κ1) is 16.1. The number of anilines is 2. The van der Waals surface area contributed by atoms with Crippen molar-refractivity contribution < 1.29 is 14.0 Å². The number of halogens is 1. The van der Waals surface area contributed by atoms with Crippen molar-refractivity contribution in [2.45, 2.75) is 18.2 Å². The number of hydrogen-bond acceptors (Lipinski definition) is 3. The van der Waals surface area contributed by atoms with E-state index >= 15 is 0 Å². The number of hydrogen-bond donors (Lipinski definition) is 1. The zero-order valence-corrected chi connectivity index (χ0v) is 14.3. The van der Waals surface area contributed by atoms with Gasteiger partial charge in [-0.1, -0.05) is 18.2 Å². The highest BCUT2D eigenvalue weighted by Crippen LogP contribution is 2.42. The zero-order chi connectivity index (χ0) is 17.4. The largest absolute Gasteiger partial charge is 0.326 e. The van der Waals surface area contributed by atoms with Gasteiger partial charge in [-0.05, 0) is 48.7 Å². The highest BCUT2D eigenvalue weighted by Gasteiger charge is 2.34. The average molecular weight is 356 g/mol. The molecule has 2 fully saturated rings. The Hall–Kier alpha value is -2.34. The van der Waals surface area contributed by atoms with Crippen LogP contribution in [0.15, 0.2) is 48.5 Å². The van der Waals surface area contributed by atoms with E-state index in [1.807, 2.05) is 24.3 Å². The fourth-order valence-corrected chi connectivity index (χ4v) is 4.10. The molecule has 0 radical (unpaired) electrons. The van der Waals surface area contributed by atoms with Crippen LogP contribution in [0.1, 0.15) is 23.8 Å². The number of carbonyl (C=O) groups is 2. The van der Waals surface area contributed by atoms with Crippen molar-refractivity contribution in [2.24, 2.45) is 5.92 Å². The molecule has 1 saturated carbocycles. The lowest BCUT2D eigenvalue weighted by molar-refractivity contribution is -0.117. The van der Waals surface area contributed by atoms with Crippen LogP contribution in [-0.2, 0) is 9.59 Å². The fourth-order valence-electron chi connectivity index (χ4n) is 2.94. The van der Waals surface area contributed by atoms with Gasteiger partial charge in [0.25, 0.3) is 0 Å². The van der Waals surface area contributed by atoms with Crippen LogP contribution in [0, 0.1) is 11.7 Å². The van der Waals surface area contributed by atoms with Gasteiger partial charge in [0.2, 0.25) is 11.8 Å². The molecule has 1 saturated heterocycles. The maximum absolute atomic E-state index is 13.6. The van der Waals surface area contributed by atoms with Crippen molar-refractivity contribution in [1.29, 1.82) is 0 Å². The third-order valence-electron chi connectivity index (χ3n) is 4.34. The molecule has 2 aromatic rings. The molecule has 1 unspecified atom stereocenters. The Balaban J connectivity index is 1.61. The number of rotatable bonds is 4. The van der Waals surface area contributed by atoms with E-state index in [0.29, 0.717) is 11.4 Å². The standard InChI is InChI=1S/C19H17FN2O2S/c20-14-4-2-6-16(10-14)22-17(23)11-25-19(22)13-3-1-5-15(9-13)21-18(24)12-7-8-12/h1-6,9-10,12,19H,7-8,11H2,(H,21,24). The van der Waals surface area contributed by atoms with Crippen LogP contribution >= 0.6 is 11.8 Å². The quantitative estimate of drug-likeness (QED) is 0.902. The Bertz CT molecular complexity index is 838. The lowest BCUT2D eigenvalue weighted by atomic mass is 10.1. The van der Waals surface area contributed by atoms with Gasteiger partial charge < -0.3 is 5.32 Å². The van der Waals surface area contributed by atoms with Crippen LogP contribution in [0.2, 0.25) is 0 Å². The molecule has 1 aliphatic carbocycles. The van der Waals surface area contributed by atoms with E-state index in [4.69, 9.17) is 0 Å². The molecule has 1 aliphatic heterocycles. The predicted molar refractivity (Wildman–Crippen MR) is 96.9 cm³/mol. The molecule has 0 bridgehead atoms. The summed E-state index contributed by atoms with van der Waals surface area (Å²) in [6.45, 7) is 0. The molecule has 6 heteroatoms. The van der Waals surface area contributed by atoms with Crippen molar-refractivity contribution in [1.82, 2.24) is 0 Å². The molecule has 0 aromatic heterocycles. The predicted octanol–water partition coefficient (Wildman–Crippen LogP) is 3.95. The summed E-state index contributed by atoms with van der Waals surface area (Å²) in [6.07, 6.45) is 1.90. The lowest BCUT2D eigenvalue weighted by Crippen LogP contribution is -2.28. The van der Waals surface area contributed by atoms with Gasteiger partial charge in [0, 0.05) is 17.3 Å². The summed E-state index contributed by atoms with van der Waals surface area (Å²) < 4.78 is 13.6. The summed E-state index contributed by atoms with van der Waals surface area (Å²) in [7, 11) is 0. The van der Waals surface area contributed by atoms with Gasteiger partial charge in [-0.25, -0.2) is 4.39 Å². The van der Waals surface area contributed by atoms with Crippen LogP contribution in [0.3, 0.4) is 0 Å². The summed E-state index contributed by atoms with van der Waals surface area (Å²) in [5.41, 5.74) is 2.19. The van der Waals surface area contributed by atoms with Crippen LogP contribution in [-0.4, -0.2) is 17.6 Å². The Kier molecular flexibility index (Phi) is 4.21. The SMILES string of the molecule is O=C(Nc1cccc(C2SCC(=O)N2c2cccc(F)c2)c1)C1CC1. The van der Waals surface area contributed by atoms with E-state index in [9.17, 15) is 14.0 Å². The smallest absolute Gasteiger partial charge is 0.238 e. The monoisotopic (exact) mass is 356 g/mol. The third kappa shape index (κ3) is 3.39. The molecule has 25 heavy (non-hydrogen) atoms. The molecular weight excluding hydrogens is 339 g/mol. The summed E-state index contributed by atoms with van der Waals surface area (Å²) in [5.74, 6) is 0.114. The molecule has 4 nitrogen and oxygen atoms in total. The van der Waals surface area contributed by atoms with Gasteiger partial charge in [-0.3, -0.25) is 14.5 Å². The number of nitrogens with zero attached hydrogens (tertiary/aromatic N) is 1. The maximum atomic E-state index is 13.6. The number of carbonyl (C=O) groups excluding carboxylic acids is 2. The summed E-state index contributed by atoms with van der Waals surface area (Å²) in [6, 6.07) is 13.6. The highest BCUT2D eigenvalue weighted by molar-refractivity contribution is 8.00. The van der Waals surface area contributed by atoms with Crippen molar-refractivity contribution in [3.05, 3.63) is 59.9 Å². The molecule has 1 N–H and O–H groups in total. The number of nitrogens with one attached hydrogen (secondary N) is 1. The molecule has 0 spiro atoms. The zero-order valence-electron chi connectivity index (χ0n) is 13.4. The maximum Gasteiger partial charge on any atom is 0.238 e. The minimum Gasteiger partial charge on any atom is -0.326 e. The van der Waals surface area contributed by atoms with E-state index in [2.05, 4.69) is 5.32 Å². The summed E-state index contributed by atoms with van der Waals surface area (Å²) >= 11 is 1.50.